The molecule has 0 heterocycles. The minimum absolute atomic E-state index is 0.381. The van der Waals surface area contributed by atoms with Crippen molar-refractivity contribution in [3.8, 4) is 0 Å². The molecule has 80 valence electrons. The predicted octanol–water partition coefficient (Wildman–Crippen LogP) is 1.13. The van der Waals surface area contributed by atoms with Gasteiger partial charge in [-0.05, 0) is 46.2 Å². The summed E-state index contributed by atoms with van der Waals surface area (Å²) in [7, 11) is 1.76. The van der Waals surface area contributed by atoms with Crippen LogP contribution in [0.15, 0.2) is 0 Å². The van der Waals surface area contributed by atoms with E-state index in [1.165, 1.54) is 6.42 Å². The monoisotopic (exact) mass is 188 g/mol. The summed E-state index contributed by atoms with van der Waals surface area (Å²) in [5.74, 6) is 0. The van der Waals surface area contributed by atoms with Crippen LogP contribution < -0.4 is 11.1 Å². The highest BCUT2D eigenvalue weighted by atomic mass is 16.5. The number of hydrogen-bond acceptors (Lipinski definition) is 3. The molecule has 2 atom stereocenters. The second kappa shape index (κ2) is 8.48. The molecule has 0 aromatic heterocycles. The fourth-order valence-corrected chi connectivity index (χ4v) is 1.21. The fourth-order valence-electron chi connectivity index (χ4n) is 1.21. The number of ether oxygens (including phenoxy) is 1. The van der Waals surface area contributed by atoms with E-state index < -0.39 is 0 Å². The maximum absolute atomic E-state index is 5.44. The van der Waals surface area contributed by atoms with Crippen LogP contribution >= 0.6 is 0 Å². The van der Waals surface area contributed by atoms with Crippen LogP contribution in [-0.4, -0.2) is 32.3 Å². The molecule has 0 saturated heterocycles. The van der Waals surface area contributed by atoms with Crippen molar-refractivity contribution in [1.82, 2.24) is 5.32 Å². The largest absolute Gasteiger partial charge is 0.382 e. The fraction of sp³-hybridized carbons (Fsp3) is 1.00. The Morgan fingerprint density at radius 3 is 2.54 bits per heavy atom. The maximum atomic E-state index is 5.44. The van der Waals surface area contributed by atoms with Crippen LogP contribution in [0.25, 0.3) is 0 Å². The normalized spacial score (nSPS) is 15.7. The molecular weight excluding hydrogens is 164 g/mol. The average Bonchev–Trinajstić information content (AvgIpc) is 2.12. The van der Waals surface area contributed by atoms with Gasteiger partial charge in [-0.1, -0.05) is 0 Å². The summed E-state index contributed by atoms with van der Waals surface area (Å²) in [5.41, 5.74) is 5.44. The molecule has 0 aromatic rings. The lowest BCUT2D eigenvalue weighted by Gasteiger charge is -2.13. The van der Waals surface area contributed by atoms with Gasteiger partial charge in [-0.25, -0.2) is 0 Å². The molecule has 2 unspecified atom stereocenters. The third-order valence-electron chi connectivity index (χ3n) is 2.28. The second-order valence-electron chi connectivity index (χ2n) is 3.62. The van der Waals surface area contributed by atoms with E-state index in [-0.39, 0.29) is 0 Å². The Balaban J connectivity index is 3.15. The lowest BCUT2D eigenvalue weighted by molar-refractivity contribution is 0.109. The zero-order valence-electron chi connectivity index (χ0n) is 9.18. The van der Waals surface area contributed by atoms with E-state index in [1.807, 2.05) is 0 Å². The highest BCUT2D eigenvalue weighted by molar-refractivity contribution is 4.61. The zero-order chi connectivity index (χ0) is 10.1. The number of hydrogen-bond donors (Lipinski definition) is 2. The molecule has 0 aliphatic heterocycles. The maximum Gasteiger partial charge on any atom is 0.0543 e. The van der Waals surface area contributed by atoms with Crippen molar-refractivity contribution in [1.29, 1.82) is 0 Å². The molecule has 3 N–H and O–H groups in total. The Morgan fingerprint density at radius 2 is 2.00 bits per heavy atom. The van der Waals surface area contributed by atoms with Crippen molar-refractivity contribution in [2.75, 3.05) is 20.2 Å². The molecule has 0 amide bonds. The summed E-state index contributed by atoms with van der Waals surface area (Å²) < 4.78 is 5.16. The summed E-state index contributed by atoms with van der Waals surface area (Å²) in [6, 6.07) is 0.544. The molecule has 0 aromatic carbocycles. The third-order valence-corrected chi connectivity index (χ3v) is 2.28. The SMILES string of the molecule is COC(C)CCCNC(C)CCN. The summed E-state index contributed by atoms with van der Waals surface area (Å²) in [6.07, 6.45) is 3.73. The summed E-state index contributed by atoms with van der Waals surface area (Å²) >= 11 is 0. The first kappa shape index (κ1) is 12.9. The van der Waals surface area contributed by atoms with Crippen molar-refractivity contribution in [2.24, 2.45) is 5.73 Å². The van der Waals surface area contributed by atoms with Crippen LogP contribution in [0.3, 0.4) is 0 Å². The minimum atomic E-state index is 0.381. The Bertz CT molecular complexity index is 109. The molecule has 0 bridgehead atoms. The van der Waals surface area contributed by atoms with Crippen LogP contribution in [-0.2, 0) is 4.74 Å². The van der Waals surface area contributed by atoms with E-state index in [2.05, 4.69) is 19.2 Å². The summed E-state index contributed by atoms with van der Waals surface area (Å²) in [4.78, 5) is 0. The van der Waals surface area contributed by atoms with Crippen LogP contribution in [0.2, 0.25) is 0 Å². The molecule has 0 aliphatic rings. The average molecular weight is 188 g/mol. The van der Waals surface area contributed by atoms with Crippen molar-refractivity contribution in [3.05, 3.63) is 0 Å². The first-order valence-corrected chi connectivity index (χ1v) is 5.17. The molecule has 0 fully saturated rings. The van der Waals surface area contributed by atoms with Gasteiger partial charge in [0.25, 0.3) is 0 Å². The van der Waals surface area contributed by atoms with Crippen LogP contribution in [0, 0.1) is 0 Å². The van der Waals surface area contributed by atoms with Crippen LogP contribution in [0.5, 0.6) is 0 Å². The van der Waals surface area contributed by atoms with E-state index in [4.69, 9.17) is 10.5 Å². The van der Waals surface area contributed by atoms with E-state index in [0.29, 0.717) is 12.1 Å². The Kier molecular flexibility index (Phi) is 8.40. The predicted molar refractivity (Wildman–Crippen MR) is 56.8 cm³/mol. The molecule has 3 nitrogen and oxygen atoms in total. The molecule has 0 saturated carbocycles. The van der Waals surface area contributed by atoms with E-state index in [1.54, 1.807) is 7.11 Å². The first-order valence-electron chi connectivity index (χ1n) is 5.17. The Morgan fingerprint density at radius 1 is 1.31 bits per heavy atom. The minimum Gasteiger partial charge on any atom is -0.382 e. The summed E-state index contributed by atoms with van der Waals surface area (Å²) in [6.45, 7) is 6.10. The smallest absolute Gasteiger partial charge is 0.0543 e. The van der Waals surface area contributed by atoms with E-state index in [9.17, 15) is 0 Å². The second-order valence-corrected chi connectivity index (χ2v) is 3.62. The van der Waals surface area contributed by atoms with Gasteiger partial charge in [0.1, 0.15) is 0 Å². The molecule has 0 aliphatic carbocycles. The topological polar surface area (TPSA) is 47.3 Å². The van der Waals surface area contributed by atoms with E-state index in [0.717, 1.165) is 25.9 Å². The lowest BCUT2D eigenvalue weighted by Crippen LogP contribution is -2.29. The number of nitrogens with one attached hydrogen (secondary N) is 1. The quantitative estimate of drug-likeness (QED) is 0.561. The number of nitrogens with two attached hydrogens (primary N) is 1. The number of methoxy groups -OCH3 is 1. The Hall–Kier alpha value is -0.120. The van der Waals surface area contributed by atoms with Gasteiger partial charge in [0, 0.05) is 13.2 Å². The summed E-state index contributed by atoms with van der Waals surface area (Å²) in [5, 5.41) is 3.43. The van der Waals surface area contributed by atoms with Crippen molar-refractivity contribution in [2.45, 2.75) is 45.3 Å². The molecule has 0 rings (SSSR count). The lowest BCUT2D eigenvalue weighted by atomic mass is 10.2. The molecule has 0 spiro atoms. The highest BCUT2D eigenvalue weighted by Gasteiger charge is 2.01. The van der Waals surface area contributed by atoms with Gasteiger partial charge >= 0.3 is 0 Å². The van der Waals surface area contributed by atoms with Gasteiger partial charge in [0.05, 0.1) is 6.10 Å². The molecular formula is C10H24N2O. The van der Waals surface area contributed by atoms with E-state index >= 15 is 0 Å². The standard InChI is InChI=1S/C10H24N2O/c1-9(6-7-11)12-8-4-5-10(2)13-3/h9-10,12H,4-8,11H2,1-3H3. The van der Waals surface area contributed by atoms with Crippen LogP contribution in [0.1, 0.15) is 33.1 Å². The van der Waals surface area contributed by atoms with Crippen LogP contribution in [0.4, 0.5) is 0 Å². The van der Waals surface area contributed by atoms with Gasteiger partial charge < -0.3 is 15.8 Å². The van der Waals surface area contributed by atoms with Crippen molar-refractivity contribution in [3.63, 3.8) is 0 Å². The van der Waals surface area contributed by atoms with Gasteiger partial charge in [0.2, 0.25) is 0 Å². The first-order chi connectivity index (χ1) is 6.20. The van der Waals surface area contributed by atoms with Gasteiger partial charge in [-0.2, -0.15) is 0 Å². The van der Waals surface area contributed by atoms with Crippen molar-refractivity contribution >= 4 is 0 Å². The zero-order valence-corrected chi connectivity index (χ0v) is 9.18. The third kappa shape index (κ3) is 8.22. The van der Waals surface area contributed by atoms with Crippen molar-refractivity contribution < 1.29 is 4.74 Å². The Labute approximate surface area is 82.0 Å². The highest BCUT2D eigenvalue weighted by Crippen LogP contribution is 1.99. The number of rotatable bonds is 8. The molecule has 13 heavy (non-hydrogen) atoms. The molecule has 0 radical (unpaired) electrons. The van der Waals surface area contributed by atoms with Gasteiger partial charge in [-0.15, -0.1) is 0 Å². The molecule has 3 heteroatoms. The van der Waals surface area contributed by atoms with Gasteiger partial charge in [-0.3, -0.25) is 0 Å². The van der Waals surface area contributed by atoms with Gasteiger partial charge in [0.15, 0.2) is 0 Å².